The van der Waals surface area contributed by atoms with Crippen molar-refractivity contribution in [2.75, 3.05) is 6.54 Å². The van der Waals surface area contributed by atoms with Gasteiger partial charge >= 0.3 is 0 Å². The number of aliphatic hydroxyl groups excluding tert-OH is 1. The Morgan fingerprint density at radius 3 is 2.64 bits per heavy atom. The second kappa shape index (κ2) is 5.35. The molecule has 1 rings (SSSR count). The van der Waals surface area contributed by atoms with Gasteiger partial charge in [-0.05, 0) is 24.0 Å². The summed E-state index contributed by atoms with van der Waals surface area (Å²) in [5.41, 5.74) is 6.42. The maximum absolute atomic E-state index is 9.41. The van der Waals surface area contributed by atoms with Crippen molar-refractivity contribution in [2.24, 2.45) is 5.73 Å². The van der Waals surface area contributed by atoms with Crippen molar-refractivity contribution in [1.29, 1.82) is 0 Å². The molecule has 0 spiro atoms. The molecule has 0 saturated carbocycles. The van der Waals surface area contributed by atoms with E-state index >= 15 is 0 Å². The van der Waals surface area contributed by atoms with Crippen LogP contribution in [-0.2, 0) is 0 Å². The number of halogens is 1. The molecule has 2 unspecified atom stereocenters. The molecule has 0 heterocycles. The Labute approximate surface area is 89.7 Å². The van der Waals surface area contributed by atoms with E-state index in [0.29, 0.717) is 13.0 Å². The Morgan fingerprint density at radius 2 is 2.07 bits per heavy atom. The van der Waals surface area contributed by atoms with Crippen LogP contribution >= 0.6 is 11.6 Å². The average Bonchev–Trinajstić information content (AvgIpc) is 2.18. The van der Waals surface area contributed by atoms with Gasteiger partial charge in [0.1, 0.15) is 0 Å². The van der Waals surface area contributed by atoms with Gasteiger partial charge in [0.05, 0.1) is 6.10 Å². The second-order valence-electron chi connectivity index (χ2n) is 3.55. The standard InChI is InChI=1S/C11H16ClNO/c1-8(6-9(14)7-13)10-4-2-3-5-11(10)12/h2-5,8-9,14H,6-7,13H2,1H3. The van der Waals surface area contributed by atoms with Crippen molar-refractivity contribution in [3.63, 3.8) is 0 Å². The quantitative estimate of drug-likeness (QED) is 0.805. The van der Waals surface area contributed by atoms with Gasteiger partial charge in [0.2, 0.25) is 0 Å². The largest absolute Gasteiger partial charge is 0.392 e. The fraction of sp³-hybridized carbons (Fsp3) is 0.455. The topological polar surface area (TPSA) is 46.2 Å². The van der Waals surface area contributed by atoms with Crippen molar-refractivity contribution in [2.45, 2.75) is 25.4 Å². The van der Waals surface area contributed by atoms with Gasteiger partial charge in [0, 0.05) is 11.6 Å². The average molecular weight is 214 g/mol. The van der Waals surface area contributed by atoms with E-state index in [-0.39, 0.29) is 5.92 Å². The lowest BCUT2D eigenvalue weighted by Gasteiger charge is -2.16. The van der Waals surface area contributed by atoms with Gasteiger partial charge in [-0.25, -0.2) is 0 Å². The van der Waals surface area contributed by atoms with Gasteiger partial charge in [-0.3, -0.25) is 0 Å². The zero-order valence-electron chi connectivity index (χ0n) is 8.28. The molecule has 0 aliphatic heterocycles. The van der Waals surface area contributed by atoms with E-state index in [0.717, 1.165) is 10.6 Å². The van der Waals surface area contributed by atoms with E-state index in [1.165, 1.54) is 0 Å². The summed E-state index contributed by atoms with van der Waals surface area (Å²) in [6, 6.07) is 7.70. The molecule has 0 amide bonds. The number of hydrogen-bond donors (Lipinski definition) is 2. The number of nitrogens with two attached hydrogens (primary N) is 1. The Morgan fingerprint density at radius 1 is 1.43 bits per heavy atom. The van der Waals surface area contributed by atoms with Gasteiger partial charge in [-0.15, -0.1) is 0 Å². The molecule has 0 bridgehead atoms. The van der Waals surface area contributed by atoms with E-state index in [4.69, 9.17) is 17.3 Å². The second-order valence-corrected chi connectivity index (χ2v) is 3.95. The Bertz CT molecular complexity index is 290. The number of rotatable bonds is 4. The van der Waals surface area contributed by atoms with Crippen molar-refractivity contribution < 1.29 is 5.11 Å². The Hall–Kier alpha value is -0.570. The highest BCUT2D eigenvalue weighted by Gasteiger charge is 2.12. The van der Waals surface area contributed by atoms with Crippen LogP contribution in [0.5, 0.6) is 0 Å². The lowest BCUT2D eigenvalue weighted by Crippen LogP contribution is -2.21. The lowest BCUT2D eigenvalue weighted by molar-refractivity contribution is 0.165. The van der Waals surface area contributed by atoms with Crippen molar-refractivity contribution >= 4 is 11.6 Å². The van der Waals surface area contributed by atoms with Crippen LogP contribution in [0.25, 0.3) is 0 Å². The fourth-order valence-corrected chi connectivity index (χ4v) is 1.83. The monoisotopic (exact) mass is 213 g/mol. The minimum Gasteiger partial charge on any atom is -0.392 e. The van der Waals surface area contributed by atoms with E-state index in [9.17, 15) is 5.11 Å². The highest BCUT2D eigenvalue weighted by molar-refractivity contribution is 6.31. The summed E-state index contributed by atoms with van der Waals surface area (Å²) in [4.78, 5) is 0. The predicted molar refractivity (Wildman–Crippen MR) is 59.5 cm³/mol. The van der Waals surface area contributed by atoms with Crippen molar-refractivity contribution in [3.8, 4) is 0 Å². The maximum atomic E-state index is 9.41. The van der Waals surface area contributed by atoms with Crippen LogP contribution in [0.15, 0.2) is 24.3 Å². The summed E-state index contributed by atoms with van der Waals surface area (Å²) in [6.07, 6.45) is 0.210. The summed E-state index contributed by atoms with van der Waals surface area (Å²) in [6.45, 7) is 2.34. The first-order valence-electron chi connectivity index (χ1n) is 4.77. The Kier molecular flexibility index (Phi) is 4.39. The minimum atomic E-state index is -0.443. The van der Waals surface area contributed by atoms with E-state index in [1.54, 1.807) is 0 Å². The summed E-state index contributed by atoms with van der Waals surface area (Å²) < 4.78 is 0. The highest BCUT2D eigenvalue weighted by Crippen LogP contribution is 2.27. The molecular formula is C11H16ClNO. The van der Waals surface area contributed by atoms with Crippen LogP contribution < -0.4 is 5.73 Å². The van der Waals surface area contributed by atoms with Gasteiger partial charge in [-0.1, -0.05) is 36.7 Å². The predicted octanol–water partition coefficient (Wildman–Crippen LogP) is 2.15. The molecule has 2 atom stereocenters. The summed E-state index contributed by atoms with van der Waals surface area (Å²) in [5, 5.41) is 10.2. The molecule has 0 aliphatic rings. The van der Waals surface area contributed by atoms with Crippen LogP contribution in [0.4, 0.5) is 0 Å². The first-order valence-corrected chi connectivity index (χ1v) is 5.15. The fourth-order valence-electron chi connectivity index (χ4n) is 1.51. The zero-order valence-corrected chi connectivity index (χ0v) is 9.04. The Balaban J connectivity index is 2.69. The van der Waals surface area contributed by atoms with E-state index < -0.39 is 6.10 Å². The zero-order chi connectivity index (χ0) is 10.6. The number of benzene rings is 1. The van der Waals surface area contributed by atoms with E-state index in [2.05, 4.69) is 0 Å². The summed E-state index contributed by atoms with van der Waals surface area (Å²) in [7, 11) is 0. The molecule has 0 aromatic heterocycles. The molecule has 1 aromatic rings. The van der Waals surface area contributed by atoms with Crippen LogP contribution in [0.3, 0.4) is 0 Å². The van der Waals surface area contributed by atoms with Gasteiger partial charge in [-0.2, -0.15) is 0 Å². The molecule has 3 heteroatoms. The van der Waals surface area contributed by atoms with E-state index in [1.807, 2.05) is 31.2 Å². The maximum Gasteiger partial charge on any atom is 0.0668 e. The van der Waals surface area contributed by atoms with Crippen molar-refractivity contribution in [1.82, 2.24) is 0 Å². The van der Waals surface area contributed by atoms with Crippen LogP contribution in [0.1, 0.15) is 24.8 Å². The molecular weight excluding hydrogens is 198 g/mol. The van der Waals surface area contributed by atoms with Gasteiger partial charge in [0.25, 0.3) is 0 Å². The van der Waals surface area contributed by atoms with Crippen molar-refractivity contribution in [3.05, 3.63) is 34.9 Å². The van der Waals surface area contributed by atoms with Crippen LogP contribution in [0.2, 0.25) is 5.02 Å². The smallest absolute Gasteiger partial charge is 0.0668 e. The third kappa shape index (κ3) is 2.98. The molecule has 0 radical (unpaired) electrons. The highest BCUT2D eigenvalue weighted by atomic mass is 35.5. The van der Waals surface area contributed by atoms with Crippen LogP contribution in [0, 0.1) is 0 Å². The van der Waals surface area contributed by atoms with Gasteiger partial charge in [0.15, 0.2) is 0 Å². The molecule has 78 valence electrons. The van der Waals surface area contributed by atoms with Crippen LogP contribution in [-0.4, -0.2) is 17.8 Å². The molecule has 3 N–H and O–H groups in total. The molecule has 0 saturated heterocycles. The molecule has 1 aromatic carbocycles. The molecule has 0 aliphatic carbocycles. The minimum absolute atomic E-state index is 0.238. The first-order chi connectivity index (χ1) is 6.65. The number of hydrogen-bond acceptors (Lipinski definition) is 2. The summed E-state index contributed by atoms with van der Waals surface area (Å²) in [5.74, 6) is 0.238. The van der Waals surface area contributed by atoms with Gasteiger partial charge < -0.3 is 10.8 Å². The molecule has 2 nitrogen and oxygen atoms in total. The SMILES string of the molecule is CC(CC(O)CN)c1ccccc1Cl. The number of aliphatic hydroxyl groups is 1. The molecule has 0 fully saturated rings. The normalized spacial score (nSPS) is 15.1. The molecule has 14 heavy (non-hydrogen) atoms. The lowest BCUT2D eigenvalue weighted by atomic mass is 9.95. The third-order valence-electron chi connectivity index (χ3n) is 2.33. The third-order valence-corrected chi connectivity index (χ3v) is 2.68. The first kappa shape index (κ1) is 11.5. The summed E-state index contributed by atoms with van der Waals surface area (Å²) >= 11 is 6.03.